The van der Waals surface area contributed by atoms with Crippen LogP contribution in [0, 0.1) is 0 Å². The van der Waals surface area contributed by atoms with E-state index in [4.69, 9.17) is 11.6 Å². The summed E-state index contributed by atoms with van der Waals surface area (Å²) in [5.41, 5.74) is 1.19. The van der Waals surface area contributed by atoms with E-state index >= 15 is 0 Å². The summed E-state index contributed by atoms with van der Waals surface area (Å²) in [6.45, 7) is 3.82. The highest BCUT2D eigenvalue weighted by Gasteiger charge is 2.11. The lowest BCUT2D eigenvalue weighted by atomic mass is 10.3. The fraction of sp³-hybridized carbons (Fsp3) is 0.273. The van der Waals surface area contributed by atoms with E-state index in [2.05, 4.69) is 15.3 Å². The average Bonchev–Trinajstić information content (AvgIpc) is 2.61. The van der Waals surface area contributed by atoms with E-state index in [-0.39, 0.29) is 11.9 Å². The predicted octanol–water partition coefficient (Wildman–Crippen LogP) is 2.35. The number of amides is 1. The Hall–Kier alpha value is -1.55. The Morgan fingerprint density at radius 3 is 2.94 bits per heavy atom. The Balaban J connectivity index is 2.40. The summed E-state index contributed by atoms with van der Waals surface area (Å²) in [5.74, 6) is -0.137. The van der Waals surface area contributed by atoms with Gasteiger partial charge in [-0.05, 0) is 26.0 Å². The van der Waals surface area contributed by atoms with E-state index in [0.717, 1.165) is 5.39 Å². The molecule has 0 spiro atoms. The zero-order valence-corrected chi connectivity index (χ0v) is 9.80. The smallest absolute Gasteiger partial charge is 0.267 e. The molecule has 0 bridgehead atoms. The van der Waals surface area contributed by atoms with Gasteiger partial charge in [0.15, 0.2) is 5.15 Å². The van der Waals surface area contributed by atoms with Crippen LogP contribution in [-0.4, -0.2) is 21.9 Å². The summed E-state index contributed by atoms with van der Waals surface area (Å²) in [6, 6.07) is 3.68. The van der Waals surface area contributed by atoms with Crippen molar-refractivity contribution in [3.8, 4) is 0 Å². The number of nitrogens with one attached hydrogen (secondary N) is 2. The molecule has 0 aliphatic heterocycles. The van der Waals surface area contributed by atoms with Crippen LogP contribution in [0.5, 0.6) is 0 Å². The van der Waals surface area contributed by atoms with Crippen LogP contribution in [0.25, 0.3) is 10.9 Å². The Morgan fingerprint density at radius 2 is 2.31 bits per heavy atom. The van der Waals surface area contributed by atoms with Crippen LogP contribution in [0.3, 0.4) is 0 Å². The summed E-state index contributed by atoms with van der Waals surface area (Å²) < 4.78 is 0. The number of nitrogens with zero attached hydrogens (tertiary/aromatic N) is 1. The third kappa shape index (κ3) is 2.02. The lowest BCUT2D eigenvalue weighted by molar-refractivity contribution is 0.0939. The van der Waals surface area contributed by atoms with Gasteiger partial charge in [-0.2, -0.15) is 0 Å². The topological polar surface area (TPSA) is 57.8 Å². The minimum Gasteiger partial charge on any atom is -0.349 e. The molecule has 5 heteroatoms. The van der Waals surface area contributed by atoms with Crippen molar-refractivity contribution in [1.82, 2.24) is 15.3 Å². The predicted molar refractivity (Wildman–Crippen MR) is 63.7 cm³/mol. The van der Waals surface area contributed by atoms with Gasteiger partial charge in [-0.15, -0.1) is 0 Å². The van der Waals surface area contributed by atoms with Gasteiger partial charge in [-0.3, -0.25) is 4.79 Å². The molecule has 2 aromatic heterocycles. The normalized spacial score (nSPS) is 11.0. The maximum atomic E-state index is 11.7. The first-order chi connectivity index (χ1) is 7.58. The molecule has 2 rings (SSSR count). The van der Waals surface area contributed by atoms with Gasteiger partial charge in [0.05, 0.1) is 5.52 Å². The molecule has 1 amide bonds. The number of aromatic nitrogens is 2. The molecule has 0 unspecified atom stereocenters. The summed E-state index contributed by atoms with van der Waals surface area (Å²) in [7, 11) is 0. The first-order valence-electron chi connectivity index (χ1n) is 5.02. The number of fused-ring (bicyclic) bond motifs is 1. The third-order valence-corrected chi connectivity index (χ3v) is 2.45. The minimum absolute atomic E-state index is 0.104. The molecule has 2 N–H and O–H groups in total. The molecule has 0 fully saturated rings. The highest BCUT2D eigenvalue weighted by atomic mass is 35.5. The second kappa shape index (κ2) is 4.14. The first kappa shape index (κ1) is 11.0. The molecule has 0 aliphatic rings. The minimum atomic E-state index is -0.137. The molecule has 4 nitrogen and oxygen atoms in total. The molecule has 2 heterocycles. The fourth-order valence-electron chi connectivity index (χ4n) is 1.48. The highest BCUT2D eigenvalue weighted by molar-refractivity contribution is 6.33. The quantitative estimate of drug-likeness (QED) is 0.788. The zero-order valence-electron chi connectivity index (χ0n) is 9.04. The van der Waals surface area contributed by atoms with Gasteiger partial charge in [0.25, 0.3) is 5.91 Å². The maximum Gasteiger partial charge on any atom is 0.267 e. The molecule has 84 valence electrons. The maximum absolute atomic E-state index is 11.7. The zero-order chi connectivity index (χ0) is 11.7. The number of H-pyrrole nitrogens is 1. The van der Waals surface area contributed by atoms with E-state index in [1.807, 2.05) is 19.9 Å². The lowest BCUT2D eigenvalue weighted by Crippen LogP contribution is -2.30. The van der Waals surface area contributed by atoms with Crippen LogP contribution in [0.1, 0.15) is 24.3 Å². The van der Waals surface area contributed by atoms with Gasteiger partial charge in [-0.25, -0.2) is 4.98 Å². The summed E-state index contributed by atoms with van der Waals surface area (Å²) >= 11 is 5.91. The van der Waals surface area contributed by atoms with Crippen molar-refractivity contribution >= 4 is 28.4 Å². The van der Waals surface area contributed by atoms with Gasteiger partial charge >= 0.3 is 0 Å². The molecular formula is C11H12ClN3O. The number of hydrogen-bond donors (Lipinski definition) is 2. The third-order valence-electron chi connectivity index (χ3n) is 2.16. The van der Waals surface area contributed by atoms with Gasteiger partial charge < -0.3 is 10.3 Å². The van der Waals surface area contributed by atoms with E-state index in [1.165, 1.54) is 0 Å². The number of aromatic amines is 1. The molecule has 16 heavy (non-hydrogen) atoms. The summed E-state index contributed by atoms with van der Waals surface area (Å²) in [5, 5.41) is 4.07. The van der Waals surface area contributed by atoms with Crippen molar-refractivity contribution in [3.63, 3.8) is 0 Å². The van der Waals surface area contributed by atoms with Crippen molar-refractivity contribution in [2.75, 3.05) is 0 Å². The van der Waals surface area contributed by atoms with Gasteiger partial charge in [-0.1, -0.05) is 11.6 Å². The molecule has 0 aromatic carbocycles. The van der Waals surface area contributed by atoms with Crippen molar-refractivity contribution < 1.29 is 4.79 Å². The Kier molecular flexibility index (Phi) is 2.83. The molecule has 2 aromatic rings. The number of hydrogen-bond acceptors (Lipinski definition) is 2. The SMILES string of the molecule is CC(C)NC(=O)c1cc2ccnc(Cl)c2[nH]1. The summed E-state index contributed by atoms with van der Waals surface area (Å²) in [6.07, 6.45) is 1.61. The Morgan fingerprint density at radius 1 is 1.56 bits per heavy atom. The second-order valence-electron chi connectivity index (χ2n) is 3.88. The van der Waals surface area contributed by atoms with E-state index in [9.17, 15) is 4.79 Å². The average molecular weight is 238 g/mol. The Bertz CT molecular complexity index is 533. The van der Waals surface area contributed by atoms with Crippen molar-refractivity contribution in [1.29, 1.82) is 0 Å². The van der Waals surface area contributed by atoms with Crippen LogP contribution in [0.15, 0.2) is 18.3 Å². The van der Waals surface area contributed by atoms with Gasteiger partial charge in [0, 0.05) is 17.6 Å². The molecular weight excluding hydrogens is 226 g/mol. The number of rotatable bonds is 2. The molecule has 0 aliphatic carbocycles. The van der Waals surface area contributed by atoms with E-state index in [0.29, 0.717) is 16.4 Å². The number of carbonyl (C=O) groups excluding carboxylic acids is 1. The molecule has 0 saturated heterocycles. The van der Waals surface area contributed by atoms with Crippen LogP contribution >= 0.6 is 11.6 Å². The van der Waals surface area contributed by atoms with Crippen molar-refractivity contribution in [2.24, 2.45) is 0 Å². The highest BCUT2D eigenvalue weighted by Crippen LogP contribution is 2.21. The van der Waals surface area contributed by atoms with E-state index < -0.39 is 0 Å². The van der Waals surface area contributed by atoms with Crippen LogP contribution in [0.4, 0.5) is 0 Å². The van der Waals surface area contributed by atoms with Crippen LogP contribution in [-0.2, 0) is 0 Å². The first-order valence-corrected chi connectivity index (χ1v) is 5.40. The van der Waals surface area contributed by atoms with Gasteiger partial charge in [0.1, 0.15) is 5.69 Å². The molecule has 0 atom stereocenters. The molecule has 0 saturated carbocycles. The second-order valence-corrected chi connectivity index (χ2v) is 4.24. The van der Waals surface area contributed by atoms with Crippen molar-refractivity contribution in [2.45, 2.75) is 19.9 Å². The summed E-state index contributed by atoms with van der Waals surface area (Å²) in [4.78, 5) is 18.6. The number of pyridine rings is 1. The largest absolute Gasteiger partial charge is 0.349 e. The monoisotopic (exact) mass is 237 g/mol. The standard InChI is InChI=1S/C11H12ClN3O/c1-6(2)14-11(16)8-5-7-3-4-13-10(12)9(7)15-8/h3-6,15H,1-2H3,(H,14,16). The Labute approximate surface area is 98.0 Å². The lowest BCUT2D eigenvalue weighted by Gasteiger charge is -2.05. The fourth-order valence-corrected chi connectivity index (χ4v) is 1.70. The molecule has 0 radical (unpaired) electrons. The van der Waals surface area contributed by atoms with Crippen LogP contribution in [0.2, 0.25) is 5.15 Å². The van der Waals surface area contributed by atoms with Crippen molar-refractivity contribution in [3.05, 3.63) is 29.2 Å². The van der Waals surface area contributed by atoms with E-state index in [1.54, 1.807) is 12.3 Å². The van der Waals surface area contributed by atoms with Crippen LogP contribution < -0.4 is 5.32 Å². The number of halogens is 1. The number of carbonyl (C=O) groups is 1. The van der Waals surface area contributed by atoms with Gasteiger partial charge in [0.2, 0.25) is 0 Å².